The van der Waals surface area contributed by atoms with E-state index >= 15 is 0 Å². The summed E-state index contributed by atoms with van der Waals surface area (Å²) in [5.41, 5.74) is 2.75. The number of aromatic hydroxyl groups is 1. The van der Waals surface area contributed by atoms with Crippen molar-refractivity contribution in [2.24, 2.45) is 12.5 Å². The molecule has 5 aromatic rings. The van der Waals surface area contributed by atoms with Crippen LogP contribution in [-0.2, 0) is 17.4 Å². The van der Waals surface area contributed by atoms with Crippen LogP contribution in [0.3, 0.4) is 0 Å². The Labute approximate surface area is 237 Å². The highest BCUT2D eigenvalue weighted by Crippen LogP contribution is 2.41. The van der Waals surface area contributed by atoms with E-state index in [-0.39, 0.29) is 11.8 Å². The highest BCUT2D eigenvalue weighted by molar-refractivity contribution is 6.31. The number of halogens is 2. The second-order valence-electron chi connectivity index (χ2n) is 10.6. The maximum absolute atomic E-state index is 13.7. The van der Waals surface area contributed by atoms with E-state index in [1.54, 1.807) is 24.7 Å². The number of rotatable bonds is 5. The average Bonchev–Trinajstić information content (AvgIpc) is 3.32. The number of nitrogens with one attached hydrogen (secondary N) is 1. The standard InChI is InChI=1S/C31H28Cl2N4O2/c1-30(2,3)29(39)36-31(27-17-34-18-37(27)4,20-8-11-22(32)12-9-20)21-10-13-26-25(15-21)24(16-28(38)35-26)19-6-5-7-23(33)14-19/h5-18H,1-4H3,(H,35,38)(H,36,39). The van der Waals surface area contributed by atoms with Crippen molar-refractivity contribution >= 4 is 40.0 Å². The topological polar surface area (TPSA) is 80.0 Å². The fourth-order valence-electron chi connectivity index (χ4n) is 4.79. The summed E-state index contributed by atoms with van der Waals surface area (Å²) in [5, 5.41) is 15.8. The van der Waals surface area contributed by atoms with Crippen LogP contribution in [0.2, 0.25) is 10.0 Å². The van der Waals surface area contributed by atoms with Crippen LogP contribution >= 0.6 is 23.2 Å². The monoisotopic (exact) mass is 558 g/mol. The van der Waals surface area contributed by atoms with Crippen LogP contribution in [0.4, 0.5) is 0 Å². The molecular weight excluding hydrogens is 531 g/mol. The van der Waals surface area contributed by atoms with Crippen LogP contribution < -0.4 is 5.32 Å². The molecule has 2 aromatic heterocycles. The Balaban J connectivity index is 1.87. The first-order valence-corrected chi connectivity index (χ1v) is 13.2. The summed E-state index contributed by atoms with van der Waals surface area (Å²) in [6, 6.07) is 22.3. The summed E-state index contributed by atoms with van der Waals surface area (Å²) in [4.78, 5) is 22.5. The smallest absolute Gasteiger partial charge is 0.226 e. The predicted molar refractivity (Wildman–Crippen MR) is 156 cm³/mol. The Morgan fingerprint density at radius 1 is 0.923 bits per heavy atom. The van der Waals surface area contributed by atoms with Gasteiger partial charge in [-0.25, -0.2) is 9.97 Å². The lowest BCUT2D eigenvalue weighted by molar-refractivity contribution is -0.129. The quantitative estimate of drug-likeness (QED) is 0.241. The zero-order valence-corrected chi connectivity index (χ0v) is 23.5. The molecule has 1 amide bonds. The van der Waals surface area contributed by atoms with Gasteiger partial charge in [-0.2, -0.15) is 0 Å². The highest BCUT2D eigenvalue weighted by Gasteiger charge is 2.42. The van der Waals surface area contributed by atoms with Gasteiger partial charge in [-0.3, -0.25) is 4.79 Å². The van der Waals surface area contributed by atoms with Crippen molar-refractivity contribution in [1.82, 2.24) is 19.9 Å². The van der Waals surface area contributed by atoms with Crippen LogP contribution in [0.15, 0.2) is 85.3 Å². The molecule has 0 aliphatic carbocycles. The summed E-state index contributed by atoms with van der Waals surface area (Å²) in [6.45, 7) is 5.63. The number of pyridine rings is 1. The van der Waals surface area contributed by atoms with E-state index in [9.17, 15) is 9.90 Å². The Bertz CT molecular complexity index is 1690. The molecular formula is C31H28Cl2N4O2. The largest absolute Gasteiger partial charge is 0.493 e. The van der Waals surface area contributed by atoms with Crippen molar-refractivity contribution < 1.29 is 9.90 Å². The van der Waals surface area contributed by atoms with Crippen molar-refractivity contribution in [3.63, 3.8) is 0 Å². The summed E-state index contributed by atoms with van der Waals surface area (Å²) >= 11 is 12.6. The molecule has 0 aliphatic rings. The number of imidazole rings is 1. The van der Waals surface area contributed by atoms with E-state index in [1.165, 1.54) is 0 Å². The van der Waals surface area contributed by atoms with E-state index in [0.29, 0.717) is 15.6 Å². The fraction of sp³-hybridized carbons (Fsp3) is 0.194. The summed E-state index contributed by atoms with van der Waals surface area (Å²) in [5.74, 6) is -0.237. The Morgan fingerprint density at radius 3 is 2.28 bits per heavy atom. The second kappa shape index (κ2) is 10.0. The van der Waals surface area contributed by atoms with E-state index in [1.807, 2.05) is 93.0 Å². The zero-order valence-electron chi connectivity index (χ0n) is 22.0. The third-order valence-electron chi connectivity index (χ3n) is 6.82. The first kappa shape index (κ1) is 26.7. The number of nitrogens with zero attached hydrogens (tertiary/aromatic N) is 3. The van der Waals surface area contributed by atoms with Gasteiger partial charge in [-0.15, -0.1) is 0 Å². The summed E-state index contributed by atoms with van der Waals surface area (Å²) in [7, 11) is 1.90. The molecule has 1 unspecified atom stereocenters. The van der Waals surface area contributed by atoms with Gasteiger partial charge in [-0.05, 0) is 58.7 Å². The maximum Gasteiger partial charge on any atom is 0.226 e. The molecule has 198 valence electrons. The van der Waals surface area contributed by atoms with Crippen LogP contribution in [0.25, 0.3) is 22.0 Å². The molecule has 2 heterocycles. The van der Waals surface area contributed by atoms with Gasteiger partial charge in [-0.1, -0.05) is 74.3 Å². The molecule has 0 spiro atoms. The lowest BCUT2D eigenvalue weighted by Gasteiger charge is -2.38. The molecule has 0 saturated carbocycles. The molecule has 39 heavy (non-hydrogen) atoms. The average molecular weight is 559 g/mol. The number of carbonyl (C=O) groups is 1. The molecule has 5 rings (SSSR count). The van der Waals surface area contributed by atoms with Crippen LogP contribution in [0.1, 0.15) is 37.6 Å². The van der Waals surface area contributed by atoms with Gasteiger partial charge >= 0.3 is 0 Å². The summed E-state index contributed by atoms with van der Waals surface area (Å²) < 4.78 is 1.90. The maximum atomic E-state index is 13.7. The number of benzene rings is 3. The molecule has 0 bridgehead atoms. The van der Waals surface area contributed by atoms with Gasteiger partial charge in [0.1, 0.15) is 5.54 Å². The molecule has 2 N–H and O–H groups in total. The molecule has 1 atom stereocenters. The second-order valence-corrected chi connectivity index (χ2v) is 11.5. The van der Waals surface area contributed by atoms with Crippen LogP contribution in [0, 0.1) is 5.41 Å². The normalized spacial score (nSPS) is 13.3. The molecule has 6 nitrogen and oxygen atoms in total. The molecule has 0 fully saturated rings. The van der Waals surface area contributed by atoms with Crippen molar-refractivity contribution in [2.45, 2.75) is 26.3 Å². The Hall–Kier alpha value is -3.87. The van der Waals surface area contributed by atoms with Crippen molar-refractivity contribution in [3.05, 3.63) is 112 Å². The first-order valence-electron chi connectivity index (χ1n) is 12.4. The molecule has 0 aliphatic heterocycles. The van der Waals surface area contributed by atoms with E-state index in [4.69, 9.17) is 23.2 Å². The molecule has 3 aromatic carbocycles. The number of hydrogen-bond donors (Lipinski definition) is 2. The number of aryl methyl sites for hydroxylation is 1. The van der Waals surface area contributed by atoms with Crippen molar-refractivity contribution in [1.29, 1.82) is 0 Å². The third kappa shape index (κ3) is 4.98. The van der Waals surface area contributed by atoms with E-state index in [0.717, 1.165) is 33.3 Å². The zero-order chi connectivity index (χ0) is 27.9. The van der Waals surface area contributed by atoms with Gasteiger partial charge in [0.05, 0.1) is 23.7 Å². The molecule has 8 heteroatoms. The highest BCUT2D eigenvalue weighted by atomic mass is 35.5. The minimum Gasteiger partial charge on any atom is -0.493 e. The predicted octanol–water partition coefficient (Wildman–Crippen LogP) is 7.10. The van der Waals surface area contributed by atoms with Crippen molar-refractivity contribution in [3.8, 4) is 17.0 Å². The van der Waals surface area contributed by atoms with Gasteiger partial charge in [0, 0.05) is 34.0 Å². The minimum atomic E-state index is -1.13. The Kier molecular flexibility index (Phi) is 6.87. The number of aromatic nitrogens is 3. The Morgan fingerprint density at radius 2 is 1.64 bits per heavy atom. The number of hydrogen-bond acceptors (Lipinski definition) is 4. The number of fused-ring (bicyclic) bond motifs is 1. The molecule has 0 saturated heterocycles. The number of carbonyl (C=O) groups excluding carboxylic acids is 1. The fourth-order valence-corrected chi connectivity index (χ4v) is 5.10. The minimum absolute atomic E-state index is 0.0955. The lowest BCUT2D eigenvalue weighted by atomic mass is 9.78. The van der Waals surface area contributed by atoms with E-state index in [2.05, 4.69) is 15.3 Å². The van der Waals surface area contributed by atoms with Crippen LogP contribution in [-0.4, -0.2) is 25.5 Å². The van der Waals surface area contributed by atoms with Gasteiger partial charge in [0.25, 0.3) is 0 Å². The molecule has 0 radical (unpaired) electrons. The third-order valence-corrected chi connectivity index (χ3v) is 7.31. The van der Waals surface area contributed by atoms with Gasteiger partial charge < -0.3 is 15.0 Å². The van der Waals surface area contributed by atoms with Crippen LogP contribution in [0.5, 0.6) is 5.88 Å². The van der Waals surface area contributed by atoms with Gasteiger partial charge in [0.15, 0.2) is 0 Å². The van der Waals surface area contributed by atoms with Gasteiger partial charge in [0.2, 0.25) is 11.8 Å². The number of amides is 1. The van der Waals surface area contributed by atoms with E-state index < -0.39 is 11.0 Å². The lowest BCUT2D eigenvalue weighted by Crippen LogP contribution is -2.52. The first-order chi connectivity index (χ1) is 18.5. The SMILES string of the molecule is Cn1cncc1C(NC(=O)C(C)(C)C)(c1ccc(Cl)cc1)c1ccc2nc(O)cc(-c3cccc(Cl)c3)c2c1. The summed E-state index contributed by atoms with van der Waals surface area (Å²) in [6.07, 6.45) is 3.47. The van der Waals surface area contributed by atoms with Crippen molar-refractivity contribution in [2.75, 3.05) is 0 Å².